The molecule has 2 aromatic carbocycles. The van der Waals surface area contributed by atoms with Crippen molar-refractivity contribution >= 4 is 35.3 Å². The molecule has 1 saturated carbocycles. The van der Waals surface area contributed by atoms with Gasteiger partial charge >= 0.3 is 6.85 Å². The highest BCUT2D eigenvalue weighted by Gasteiger charge is 2.37. The van der Waals surface area contributed by atoms with Gasteiger partial charge in [-0.1, -0.05) is 80.1 Å². The van der Waals surface area contributed by atoms with Crippen molar-refractivity contribution < 1.29 is 4.57 Å². The van der Waals surface area contributed by atoms with Crippen molar-refractivity contribution in [2.24, 2.45) is 13.0 Å². The minimum absolute atomic E-state index is 0.342. The summed E-state index contributed by atoms with van der Waals surface area (Å²) in [4.78, 5) is 2.54. The van der Waals surface area contributed by atoms with Gasteiger partial charge in [-0.3, -0.25) is 4.81 Å². The molecule has 0 unspecified atom stereocenters. The molecule has 0 atom stereocenters. The van der Waals surface area contributed by atoms with Gasteiger partial charge in [-0.15, -0.1) is 0 Å². The second-order valence-electron chi connectivity index (χ2n) is 9.31. The number of rotatable bonds is 3. The van der Waals surface area contributed by atoms with Gasteiger partial charge < -0.3 is 0 Å². The zero-order chi connectivity index (χ0) is 20.7. The molecule has 5 rings (SSSR count). The maximum atomic E-state index is 2.54. The van der Waals surface area contributed by atoms with E-state index in [9.17, 15) is 0 Å². The predicted molar refractivity (Wildman–Crippen MR) is 129 cm³/mol. The van der Waals surface area contributed by atoms with Crippen LogP contribution in [0.3, 0.4) is 0 Å². The first-order valence-electron chi connectivity index (χ1n) is 11.6. The molecule has 3 aromatic rings. The van der Waals surface area contributed by atoms with Crippen LogP contribution in [-0.2, 0) is 13.5 Å². The minimum atomic E-state index is 0.342. The topological polar surface area (TPSA) is 7.12 Å². The third-order valence-corrected chi connectivity index (χ3v) is 7.36. The fourth-order valence-electron chi connectivity index (χ4n) is 5.52. The zero-order valence-electron chi connectivity index (χ0n) is 18.6. The first kappa shape index (κ1) is 19.4. The van der Waals surface area contributed by atoms with Crippen LogP contribution in [0.25, 0.3) is 17.0 Å². The molecule has 1 aliphatic heterocycles. The third-order valence-electron chi connectivity index (χ3n) is 7.36. The number of hydrogen-bond donors (Lipinski definition) is 0. The quantitative estimate of drug-likeness (QED) is 0.363. The van der Waals surface area contributed by atoms with Crippen LogP contribution >= 0.6 is 0 Å². The van der Waals surface area contributed by atoms with Gasteiger partial charge in [0.2, 0.25) is 0 Å². The third kappa shape index (κ3) is 3.35. The standard InChI is InChI=1S/C27H32BN2/c1-20-17-22-13-7-9-15-25(22)30(28(20)2)27-19-23(18-21-11-5-4-6-12-21)24-14-8-10-16-26(24)29(27)3/h7-10,13-17,19,21H,4-6,11-12,18H2,1-3H3/q+1. The van der Waals surface area contributed by atoms with E-state index in [0.717, 1.165) is 5.92 Å². The average molecular weight is 395 g/mol. The Bertz CT molecular complexity index is 1110. The van der Waals surface area contributed by atoms with Crippen LogP contribution < -0.4 is 9.38 Å². The molecule has 2 heterocycles. The molecule has 2 aliphatic rings. The Morgan fingerprint density at radius 1 is 1.00 bits per heavy atom. The fraction of sp³-hybridized carbons (Fsp3) is 0.370. The number of nitrogens with zero attached hydrogens (tertiary/aromatic N) is 2. The van der Waals surface area contributed by atoms with Gasteiger partial charge in [0.25, 0.3) is 5.82 Å². The summed E-state index contributed by atoms with van der Waals surface area (Å²) in [5.41, 5.74) is 6.89. The normalized spacial score (nSPS) is 17.2. The molecule has 0 N–H and O–H groups in total. The number of aryl methyl sites for hydroxylation is 1. The molecule has 1 aromatic heterocycles. The Kier molecular flexibility index (Phi) is 5.14. The monoisotopic (exact) mass is 395 g/mol. The summed E-state index contributed by atoms with van der Waals surface area (Å²) < 4.78 is 2.39. The molecule has 1 fully saturated rings. The second-order valence-corrected chi connectivity index (χ2v) is 9.31. The van der Waals surface area contributed by atoms with Crippen molar-refractivity contribution in [2.45, 2.75) is 52.3 Å². The number of anilines is 2. The van der Waals surface area contributed by atoms with E-state index in [1.165, 1.54) is 77.5 Å². The molecule has 0 spiro atoms. The molecule has 2 nitrogen and oxygen atoms in total. The fourth-order valence-corrected chi connectivity index (χ4v) is 5.52. The van der Waals surface area contributed by atoms with Crippen molar-refractivity contribution in [1.82, 2.24) is 0 Å². The molecule has 152 valence electrons. The molecule has 0 radical (unpaired) electrons. The van der Waals surface area contributed by atoms with Crippen molar-refractivity contribution in [1.29, 1.82) is 0 Å². The minimum Gasteiger partial charge on any atom is -0.287 e. The van der Waals surface area contributed by atoms with Crippen LogP contribution in [0, 0.1) is 5.92 Å². The van der Waals surface area contributed by atoms with Gasteiger partial charge in [0.1, 0.15) is 11.2 Å². The van der Waals surface area contributed by atoms with Crippen molar-refractivity contribution in [3.8, 4) is 0 Å². The highest BCUT2D eigenvalue weighted by Crippen LogP contribution is 2.37. The SMILES string of the molecule is CB1C(C)=Cc2ccccc2N1c1cc(CC2CCCCC2)c2ccccc2[n+]1C. The summed E-state index contributed by atoms with van der Waals surface area (Å²) in [6.45, 7) is 4.94. The van der Waals surface area contributed by atoms with E-state index in [1.807, 2.05) is 0 Å². The summed E-state index contributed by atoms with van der Waals surface area (Å²) in [7, 11) is 2.23. The second kappa shape index (κ2) is 7.94. The Morgan fingerprint density at radius 3 is 2.57 bits per heavy atom. The lowest BCUT2D eigenvalue weighted by atomic mass is 9.54. The van der Waals surface area contributed by atoms with E-state index in [4.69, 9.17) is 0 Å². The Hall–Kier alpha value is -2.55. The van der Waals surface area contributed by atoms with Gasteiger partial charge in [0.15, 0.2) is 0 Å². The number of hydrogen-bond acceptors (Lipinski definition) is 1. The van der Waals surface area contributed by atoms with Gasteiger partial charge in [0.05, 0.1) is 7.05 Å². The van der Waals surface area contributed by atoms with Crippen LogP contribution in [0.15, 0.2) is 60.1 Å². The number of aromatic nitrogens is 1. The van der Waals surface area contributed by atoms with Crippen molar-refractivity contribution in [3.63, 3.8) is 0 Å². The summed E-state index contributed by atoms with van der Waals surface area (Å²) in [5.74, 6) is 2.13. The lowest BCUT2D eigenvalue weighted by Gasteiger charge is -2.30. The summed E-state index contributed by atoms with van der Waals surface area (Å²) in [6.07, 6.45) is 10.5. The molecule has 1 aliphatic carbocycles. The van der Waals surface area contributed by atoms with Crippen LogP contribution in [0.5, 0.6) is 0 Å². The molecular weight excluding hydrogens is 363 g/mol. The average Bonchev–Trinajstić information content (AvgIpc) is 2.78. The number of allylic oxidation sites excluding steroid dienone is 1. The van der Waals surface area contributed by atoms with E-state index in [2.05, 4.69) is 90.8 Å². The highest BCUT2D eigenvalue weighted by molar-refractivity contribution is 6.72. The van der Waals surface area contributed by atoms with E-state index in [0.29, 0.717) is 6.85 Å². The number of para-hydroxylation sites is 2. The lowest BCUT2D eigenvalue weighted by Crippen LogP contribution is -2.45. The predicted octanol–water partition coefficient (Wildman–Crippen LogP) is 6.50. The van der Waals surface area contributed by atoms with Crippen LogP contribution in [-0.4, -0.2) is 6.85 Å². The Balaban J connectivity index is 1.67. The first-order chi connectivity index (χ1) is 14.6. The highest BCUT2D eigenvalue weighted by atomic mass is 15.2. The van der Waals surface area contributed by atoms with E-state index in [1.54, 1.807) is 0 Å². The molecule has 0 amide bonds. The summed E-state index contributed by atoms with van der Waals surface area (Å²) in [5, 5.41) is 1.42. The van der Waals surface area contributed by atoms with Gasteiger partial charge in [0, 0.05) is 17.0 Å². The van der Waals surface area contributed by atoms with Crippen LogP contribution in [0.4, 0.5) is 11.5 Å². The van der Waals surface area contributed by atoms with Crippen molar-refractivity contribution in [2.75, 3.05) is 4.81 Å². The van der Waals surface area contributed by atoms with E-state index in [-0.39, 0.29) is 0 Å². The first-order valence-corrected chi connectivity index (χ1v) is 11.6. The van der Waals surface area contributed by atoms with Gasteiger partial charge in [-0.25, -0.2) is 4.57 Å². The molecule has 0 saturated heterocycles. The van der Waals surface area contributed by atoms with E-state index < -0.39 is 0 Å². The lowest BCUT2D eigenvalue weighted by molar-refractivity contribution is -0.631. The largest absolute Gasteiger partial charge is 0.405 e. The maximum Gasteiger partial charge on any atom is 0.405 e. The smallest absolute Gasteiger partial charge is 0.287 e. The van der Waals surface area contributed by atoms with Crippen LogP contribution in [0.1, 0.15) is 50.2 Å². The Morgan fingerprint density at radius 2 is 1.73 bits per heavy atom. The summed E-state index contributed by atoms with van der Waals surface area (Å²) in [6, 6.07) is 20.3. The Labute approximate surface area is 181 Å². The van der Waals surface area contributed by atoms with Gasteiger partial charge in [-0.05, 0) is 43.8 Å². The molecular formula is C27H32BN2+. The van der Waals surface area contributed by atoms with E-state index >= 15 is 0 Å². The number of fused-ring (bicyclic) bond motifs is 2. The zero-order valence-corrected chi connectivity index (χ0v) is 18.6. The molecule has 0 bridgehead atoms. The number of benzene rings is 2. The van der Waals surface area contributed by atoms with Crippen LogP contribution in [0.2, 0.25) is 6.82 Å². The van der Waals surface area contributed by atoms with Crippen molar-refractivity contribution in [3.05, 3.63) is 71.2 Å². The number of pyridine rings is 1. The molecule has 30 heavy (non-hydrogen) atoms. The maximum absolute atomic E-state index is 2.54. The van der Waals surface area contributed by atoms with Gasteiger partial charge in [-0.2, -0.15) is 0 Å². The molecule has 3 heteroatoms. The summed E-state index contributed by atoms with van der Waals surface area (Å²) >= 11 is 0.